The van der Waals surface area contributed by atoms with Crippen molar-refractivity contribution < 1.29 is 14.6 Å². The first kappa shape index (κ1) is 16.0. The highest BCUT2D eigenvalue weighted by Crippen LogP contribution is 2.34. The van der Waals surface area contributed by atoms with Crippen molar-refractivity contribution in [2.45, 2.75) is 12.1 Å². The van der Waals surface area contributed by atoms with Crippen molar-refractivity contribution in [3.8, 4) is 0 Å². The van der Waals surface area contributed by atoms with E-state index in [2.05, 4.69) is 5.10 Å². The van der Waals surface area contributed by atoms with Gasteiger partial charge in [-0.3, -0.25) is 4.68 Å². The Labute approximate surface area is 129 Å². The molecule has 1 aromatic heterocycles. The number of nitrogens with zero attached hydrogens (tertiary/aromatic N) is 2. The minimum atomic E-state index is -1.36. The average molecular weight is 311 g/mol. The largest absolute Gasteiger partial charge is 0.383 e. The van der Waals surface area contributed by atoms with Crippen molar-refractivity contribution in [2.75, 3.05) is 27.4 Å². The number of aliphatic hydroxyl groups is 1. The second-order valence-corrected chi connectivity index (χ2v) is 5.12. The summed E-state index contributed by atoms with van der Waals surface area (Å²) in [5.41, 5.74) is -0.153. The molecule has 1 atom stereocenters. The van der Waals surface area contributed by atoms with Gasteiger partial charge < -0.3 is 14.6 Å². The predicted molar refractivity (Wildman–Crippen MR) is 80.4 cm³/mol. The van der Waals surface area contributed by atoms with Crippen LogP contribution in [0.1, 0.15) is 11.3 Å². The quantitative estimate of drug-likeness (QED) is 0.850. The number of halogens is 1. The summed E-state index contributed by atoms with van der Waals surface area (Å²) in [7, 11) is 3.15. The van der Waals surface area contributed by atoms with Gasteiger partial charge in [0.1, 0.15) is 0 Å². The summed E-state index contributed by atoms with van der Waals surface area (Å²) in [6, 6.07) is 9.28. The molecule has 114 valence electrons. The third kappa shape index (κ3) is 3.27. The Bertz CT molecular complexity index is 574. The molecule has 1 N–H and O–H groups in total. The maximum Gasteiger partial charge on any atom is 0.156 e. The Hall–Kier alpha value is -1.40. The Morgan fingerprint density at radius 2 is 1.95 bits per heavy atom. The molecule has 0 bridgehead atoms. The van der Waals surface area contributed by atoms with Gasteiger partial charge >= 0.3 is 0 Å². The van der Waals surface area contributed by atoms with Crippen LogP contribution in [-0.4, -0.2) is 42.3 Å². The van der Waals surface area contributed by atoms with Crippen LogP contribution < -0.4 is 0 Å². The van der Waals surface area contributed by atoms with Crippen LogP contribution in [0, 0.1) is 0 Å². The van der Waals surface area contributed by atoms with Gasteiger partial charge in [-0.1, -0.05) is 41.9 Å². The molecular formula is C15H19ClN2O3. The summed E-state index contributed by atoms with van der Waals surface area (Å²) in [6.45, 7) is 1.05. The normalized spacial score (nSPS) is 14.1. The summed E-state index contributed by atoms with van der Waals surface area (Å²) in [4.78, 5) is 0. The predicted octanol–water partition coefficient (Wildman–Crippen LogP) is 2.07. The van der Waals surface area contributed by atoms with Crippen LogP contribution in [0.2, 0.25) is 5.02 Å². The van der Waals surface area contributed by atoms with Crippen LogP contribution in [0.4, 0.5) is 0 Å². The van der Waals surface area contributed by atoms with E-state index in [4.69, 9.17) is 21.1 Å². The number of benzene rings is 1. The van der Waals surface area contributed by atoms with E-state index in [0.29, 0.717) is 29.4 Å². The third-order valence-electron chi connectivity index (χ3n) is 3.30. The molecule has 21 heavy (non-hydrogen) atoms. The van der Waals surface area contributed by atoms with Crippen molar-refractivity contribution >= 4 is 11.6 Å². The van der Waals surface area contributed by atoms with Gasteiger partial charge in [-0.05, 0) is 5.56 Å². The summed E-state index contributed by atoms with van der Waals surface area (Å²) in [5.74, 6) is 0. The van der Waals surface area contributed by atoms with E-state index in [1.165, 1.54) is 13.3 Å². The van der Waals surface area contributed by atoms with Crippen LogP contribution in [0.3, 0.4) is 0 Å². The first-order valence-corrected chi connectivity index (χ1v) is 6.99. The van der Waals surface area contributed by atoms with E-state index in [0.717, 1.165) is 0 Å². The van der Waals surface area contributed by atoms with Crippen molar-refractivity contribution in [1.29, 1.82) is 0 Å². The zero-order chi connectivity index (χ0) is 15.3. The summed E-state index contributed by atoms with van der Waals surface area (Å²) in [5, 5.41) is 15.8. The van der Waals surface area contributed by atoms with Gasteiger partial charge in [0.2, 0.25) is 0 Å². The molecule has 1 heterocycles. The lowest BCUT2D eigenvalue weighted by molar-refractivity contribution is -0.0102. The third-order valence-corrected chi connectivity index (χ3v) is 3.57. The van der Waals surface area contributed by atoms with Gasteiger partial charge in [-0.2, -0.15) is 5.10 Å². The fourth-order valence-electron chi connectivity index (χ4n) is 2.33. The second-order valence-electron chi connectivity index (χ2n) is 4.72. The fourth-order valence-corrected chi connectivity index (χ4v) is 2.63. The molecule has 6 heteroatoms. The molecule has 0 aliphatic heterocycles. The minimum absolute atomic E-state index is 0.0788. The maximum atomic E-state index is 11.2. The van der Waals surface area contributed by atoms with Crippen LogP contribution >= 0.6 is 11.6 Å². The molecule has 0 spiro atoms. The number of hydrogen-bond donors (Lipinski definition) is 1. The zero-order valence-corrected chi connectivity index (χ0v) is 12.9. The lowest BCUT2D eigenvalue weighted by atomic mass is 9.91. The standard InChI is InChI=1S/C15H19ClN2O3/c1-20-9-8-18-14(13(16)10-17-18)15(19,11-21-2)12-6-4-3-5-7-12/h3-7,10,19H,8-9,11H2,1-2H3. The highest BCUT2D eigenvalue weighted by Gasteiger charge is 2.37. The molecule has 1 aromatic carbocycles. The second kappa shape index (κ2) is 7.04. The molecular weight excluding hydrogens is 292 g/mol. The van der Waals surface area contributed by atoms with E-state index < -0.39 is 5.60 Å². The van der Waals surface area contributed by atoms with Gasteiger partial charge in [0.25, 0.3) is 0 Å². The van der Waals surface area contributed by atoms with E-state index in [1.807, 2.05) is 30.3 Å². The SMILES string of the molecule is COCCn1ncc(Cl)c1C(O)(COC)c1ccccc1. The molecule has 0 amide bonds. The molecule has 0 aliphatic carbocycles. The van der Waals surface area contributed by atoms with Gasteiger partial charge in [-0.25, -0.2) is 0 Å². The molecule has 2 aromatic rings. The van der Waals surface area contributed by atoms with Crippen LogP contribution in [0.5, 0.6) is 0 Å². The highest BCUT2D eigenvalue weighted by molar-refractivity contribution is 6.31. The van der Waals surface area contributed by atoms with E-state index in [1.54, 1.807) is 11.8 Å². The number of methoxy groups -OCH3 is 2. The van der Waals surface area contributed by atoms with Crippen molar-refractivity contribution in [3.05, 3.63) is 52.8 Å². The fraction of sp³-hybridized carbons (Fsp3) is 0.400. The van der Waals surface area contributed by atoms with Crippen molar-refractivity contribution in [2.24, 2.45) is 0 Å². The van der Waals surface area contributed by atoms with Crippen molar-refractivity contribution in [3.63, 3.8) is 0 Å². The number of hydrogen-bond acceptors (Lipinski definition) is 4. The van der Waals surface area contributed by atoms with Gasteiger partial charge in [0.15, 0.2) is 5.60 Å². The van der Waals surface area contributed by atoms with Gasteiger partial charge in [0, 0.05) is 14.2 Å². The molecule has 2 rings (SSSR count). The molecule has 0 saturated heterocycles. The van der Waals surface area contributed by atoms with E-state index in [-0.39, 0.29) is 6.61 Å². The molecule has 0 radical (unpaired) electrons. The first-order valence-electron chi connectivity index (χ1n) is 6.61. The molecule has 0 saturated carbocycles. The monoisotopic (exact) mass is 310 g/mol. The molecule has 0 fully saturated rings. The zero-order valence-electron chi connectivity index (χ0n) is 12.1. The summed E-state index contributed by atoms with van der Waals surface area (Å²) < 4.78 is 11.9. The number of ether oxygens (including phenoxy) is 2. The van der Waals surface area contributed by atoms with E-state index >= 15 is 0 Å². The number of rotatable bonds is 7. The first-order chi connectivity index (χ1) is 10.1. The highest BCUT2D eigenvalue weighted by atomic mass is 35.5. The lowest BCUT2D eigenvalue weighted by Crippen LogP contribution is -2.36. The Kier molecular flexibility index (Phi) is 5.36. The lowest BCUT2D eigenvalue weighted by Gasteiger charge is -2.29. The Morgan fingerprint density at radius 3 is 2.57 bits per heavy atom. The smallest absolute Gasteiger partial charge is 0.156 e. The van der Waals surface area contributed by atoms with Crippen molar-refractivity contribution in [1.82, 2.24) is 9.78 Å². The van der Waals surface area contributed by atoms with Gasteiger partial charge in [0.05, 0.1) is 36.7 Å². The topological polar surface area (TPSA) is 56.5 Å². The van der Waals surface area contributed by atoms with Crippen LogP contribution in [0.15, 0.2) is 36.5 Å². The van der Waals surface area contributed by atoms with Crippen LogP contribution in [0.25, 0.3) is 0 Å². The Morgan fingerprint density at radius 1 is 1.24 bits per heavy atom. The molecule has 5 nitrogen and oxygen atoms in total. The summed E-state index contributed by atoms with van der Waals surface area (Å²) >= 11 is 6.25. The number of aromatic nitrogens is 2. The minimum Gasteiger partial charge on any atom is -0.383 e. The summed E-state index contributed by atoms with van der Waals surface area (Å²) in [6.07, 6.45) is 1.52. The maximum absolute atomic E-state index is 11.2. The average Bonchev–Trinajstić information content (AvgIpc) is 2.87. The van der Waals surface area contributed by atoms with Crippen LogP contribution in [-0.2, 0) is 21.6 Å². The van der Waals surface area contributed by atoms with Gasteiger partial charge in [-0.15, -0.1) is 0 Å². The molecule has 0 aliphatic rings. The van der Waals surface area contributed by atoms with E-state index in [9.17, 15) is 5.11 Å². The Balaban J connectivity index is 2.50. The molecule has 1 unspecified atom stereocenters.